The maximum Gasteiger partial charge on any atom is 0.120 e. The first-order chi connectivity index (χ1) is 9.00. The highest BCUT2D eigenvalue weighted by Crippen LogP contribution is 2.23. The van der Waals surface area contributed by atoms with E-state index in [-0.39, 0.29) is 6.04 Å². The predicted molar refractivity (Wildman–Crippen MR) is 76.0 cm³/mol. The Morgan fingerprint density at radius 2 is 2.00 bits per heavy atom. The first kappa shape index (κ1) is 13.6. The van der Waals surface area contributed by atoms with Gasteiger partial charge in [0.2, 0.25) is 0 Å². The molecule has 19 heavy (non-hydrogen) atoms. The minimum absolute atomic E-state index is 0.0974. The van der Waals surface area contributed by atoms with Gasteiger partial charge in [0.25, 0.3) is 0 Å². The van der Waals surface area contributed by atoms with Crippen molar-refractivity contribution in [2.75, 3.05) is 0 Å². The fourth-order valence-electron chi connectivity index (χ4n) is 2.29. The highest BCUT2D eigenvalue weighted by molar-refractivity contribution is 5.34. The molecule has 1 aromatic heterocycles. The second-order valence-electron chi connectivity index (χ2n) is 4.93. The molecule has 0 amide bonds. The summed E-state index contributed by atoms with van der Waals surface area (Å²) in [7, 11) is 1.96. The van der Waals surface area contributed by atoms with Gasteiger partial charge in [-0.05, 0) is 26.8 Å². The van der Waals surface area contributed by atoms with Crippen molar-refractivity contribution in [1.29, 1.82) is 0 Å². The summed E-state index contributed by atoms with van der Waals surface area (Å²) in [6, 6.07) is 7.53. The molecular formula is C15H21N3O. The normalized spacial score (nSPS) is 12.6. The lowest BCUT2D eigenvalue weighted by Crippen LogP contribution is -2.19. The summed E-state index contributed by atoms with van der Waals surface area (Å²) < 4.78 is 1.90. The van der Waals surface area contributed by atoms with E-state index >= 15 is 0 Å². The zero-order valence-corrected chi connectivity index (χ0v) is 11.9. The number of hydrogen-bond donors (Lipinski definition) is 2. The van der Waals surface area contributed by atoms with Crippen molar-refractivity contribution in [2.24, 2.45) is 7.05 Å². The molecule has 0 aliphatic carbocycles. The van der Waals surface area contributed by atoms with E-state index in [0.29, 0.717) is 5.75 Å². The Morgan fingerprint density at radius 3 is 2.58 bits per heavy atom. The fourth-order valence-corrected chi connectivity index (χ4v) is 2.29. The first-order valence-corrected chi connectivity index (χ1v) is 6.51. The van der Waals surface area contributed by atoms with Crippen LogP contribution in [0.3, 0.4) is 0 Å². The van der Waals surface area contributed by atoms with Crippen LogP contribution < -0.4 is 5.32 Å². The summed E-state index contributed by atoms with van der Waals surface area (Å²) in [5.74, 6) is 0.335. The van der Waals surface area contributed by atoms with Crippen LogP contribution in [0.15, 0.2) is 24.3 Å². The average Bonchev–Trinajstić information content (AvgIpc) is 2.61. The Hall–Kier alpha value is -1.81. The molecule has 0 radical (unpaired) electrons. The predicted octanol–water partition coefficient (Wildman–Crippen LogP) is 2.59. The maximum atomic E-state index is 9.83. The quantitative estimate of drug-likeness (QED) is 0.887. The van der Waals surface area contributed by atoms with Crippen LogP contribution in [-0.4, -0.2) is 14.9 Å². The number of para-hydroxylation sites is 1. The molecule has 2 aromatic rings. The van der Waals surface area contributed by atoms with Gasteiger partial charge in [0.05, 0.1) is 5.69 Å². The molecule has 0 aliphatic heterocycles. The number of nitrogens with zero attached hydrogens (tertiary/aromatic N) is 2. The molecule has 2 N–H and O–H groups in total. The van der Waals surface area contributed by atoms with Crippen LogP contribution in [0.5, 0.6) is 5.75 Å². The number of nitrogens with one attached hydrogen (secondary N) is 1. The number of hydrogen-bond acceptors (Lipinski definition) is 3. The van der Waals surface area contributed by atoms with Crippen molar-refractivity contribution in [3.63, 3.8) is 0 Å². The fraction of sp³-hybridized carbons (Fsp3) is 0.400. The third-order valence-electron chi connectivity index (χ3n) is 3.65. The highest BCUT2D eigenvalue weighted by Gasteiger charge is 2.13. The lowest BCUT2D eigenvalue weighted by Gasteiger charge is -2.15. The van der Waals surface area contributed by atoms with Gasteiger partial charge in [-0.2, -0.15) is 5.10 Å². The molecule has 2 rings (SSSR count). The molecule has 0 spiro atoms. The van der Waals surface area contributed by atoms with Crippen LogP contribution in [0.2, 0.25) is 0 Å². The van der Waals surface area contributed by atoms with Crippen LogP contribution in [0.25, 0.3) is 0 Å². The molecule has 0 saturated carbocycles. The van der Waals surface area contributed by atoms with Gasteiger partial charge in [-0.25, -0.2) is 0 Å². The Morgan fingerprint density at radius 1 is 1.32 bits per heavy atom. The molecule has 102 valence electrons. The minimum atomic E-state index is 0.0974. The van der Waals surface area contributed by atoms with E-state index in [1.165, 1.54) is 11.3 Å². The van der Waals surface area contributed by atoms with Gasteiger partial charge in [0.1, 0.15) is 5.75 Å². The molecule has 4 nitrogen and oxygen atoms in total. The van der Waals surface area contributed by atoms with Gasteiger partial charge in [-0.3, -0.25) is 4.68 Å². The first-order valence-electron chi connectivity index (χ1n) is 6.51. The number of benzene rings is 1. The standard InChI is InChI=1S/C15H21N3O/c1-10(13-7-5-6-8-15(13)19)16-9-14-11(2)17-18(4)12(14)3/h5-8,10,16,19H,9H2,1-4H3. The second-order valence-corrected chi connectivity index (χ2v) is 4.93. The lowest BCUT2D eigenvalue weighted by atomic mass is 10.1. The Bertz CT molecular complexity index is 575. The van der Waals surface area contributed by atoms with E-state index in [4.69, 9.17) is 0 Å². The van der Waals surface area contributed by atoms with Crippen molar-refractivity contribution in [1.82, 2.24) is 15.1 Å². The van der Waals surface area contributed by atoms with E-state index in [9.17, 15) is 5.11 Å². The lowest BCUT2D eigenvalue weighted by molar-refractivity contribution is 0.452. The molecule has 1 atom stereocenters. The largest absolute Gasteiger partial charge is 0.508 e. The number of rotatable bonds is 4. The third kappa shape index (κ3) is 2.79. The van der Waals surface area contributed by atoms with Crippen LogP contribution >= 0.6 is 0 Å². The number of phenolic OH excluding ortho intramolecular Hbond substituents is 1. The highest BCUT2D eigenvalue weighted by atomic mass is 16.3. The van der Waals surface area contributed by atoms with E-state index in [1.807, 2.05) is 36.9 Å². The molecule has 1 heterocycles. The second kappa shape index (κ2) is 5.45. The summed E-state index contributed by atoms with van der Waals surface area (Å²) >= 11 is 0. The minimum Gasteiger partial charge on any atom is -0.508 e. The Kier molecular flexibility index (Phi) is 3.90. The van der Waals surface area contributed by atoms with Crippen molar-refractivity contribution in [2.45, 2.75) is 33.4 Å². The molecule has 1 unspecified atom stereocenters. The van der Waals surface area contributed by atoms with Gasteiger partial charge >= 0.3 is 0 Å². The van der Waals surface area contributed by atoms with Gasteiger partial charge in [0, 0.05) is 36.5 Å². The van der Waals surface area contributed by atoms with Crippen LogP contribution in [0.1, 0.15) is 35.5 Å². The summed E-state index contributed by atoms with van der Waals surface area (Å²) in [4.78, 5) is 0. The van der Waals surface area contributed by atoms with E-state index < -0.39 is 0 Å². The molecular weight excluding hydrogens is 238 g/mol. The van der Waals surface area contributed by atoms with Crippen molar-refractivity contribution >= 4 is 0 Å². The van der Waals surface area contributed by atoms with Crippen LogP contribution in [0.4, 0.5) is 0 Å². The SMILES string of the molecule is Cc1nn(C)c(C)c1CNC(C)c1ccccc1O. The topological polar surface area (TPSA) is 50.1 Å². The monoisotopic (exact) mass is 259 g/mol. The molecule has 0 aliphatic rings. The molecule has 4 heteroatoms. The summed E-state index contributed by atoms with van der Waals surface area (Å²) in [5.41, 5.74) is 4.37. The summed E-state index contributed by atoms with van der Waals surface area (Å²) in [6.07, 6.45) is 0. The number of phenols is 1. The van der Waals surface area contributed by atoms with E-state index in [2.05, 4.69) is 24.3 Å². The van der Waals surface area contributed by atoms with Gasteiger partial charge in [0.15, 0.2) is 0 Å². The van der Waals surface area contributed by atoms with Crippen molar-refractivity contribution in [3.05, 3.63) is 46.8 Å². The maximum absolute atomic E-state index is 9.83. The van der Waals surface area contributed by atoms with E-state index in [1.54, 1.807) is 6.07 Å². The Labute approximate surface area is 114 Å². The van der Waals surface area contributed by atoms with Gasteiger partial charge in [-0.15, -0.1) is 0 Å². The summed E-state index contributed by atoms with van der Waals surface area (Å²) in [6.45, 7) is 6.90. The zero-order valence-electron chi connectivity index (χ0n) is 11.9. The van der Waals surface area contributed by atoms with Crippen molar-refractivity contribution in [3.8, 4) is 5.75 Å². The van der Waals surface area contributed by atoms with Crippen LogP contribution in [0, 0.1) is 13.8 Å². The van der Waals surface area contributed by atoms with E-state index in [0.717, 1.165) is 17.8 Å². The zero-order chi connectivity index (χ0) is 14.0. The molecule has 0 bridgehead atoms. The van der Waals surface area contributed by atoms with Crippen molar-refractivity contribution < 1.29 is 5.11 Å². The third-order valence-corrected chi connectivity index (χ3v) is 3.65. The molecule has 0 fully saturated rings. The Balaban J connectivity index is 2.09. The van der Waals surface area contributed by atoms with Crippen LogP contribution in [-0.2, 0) is 13.6 Å². The molecule has 1 aromatic carbocycles. The summed E-state index contributed by atoms with van der Waals surface area (Å²) in [5, 5.41) is 17.7. The number of aromatic hydroxyl groups is 1. The van der Waals surface area contributed by atoms with Gasteiger partial charge < -0.3 is 10.4 Å². The molecule has 0 saturated heterocycles. The smallest absolute Gasteiger partial charge is 0.120 e. The number of aromatic nitrogens is 2. The number of aryl methyl sites for hydroxylation is 2. The average molecular weight is 259 g/mol. The van der Waals surface area contributed by atoms with Gasteiger partial charge in [-0.1, -0.05) is 18.2 Å².